The number of anilines is 3. The predicted molar refractivity (Wildman–Crippen MR) is 251 cm³/mol. The Bertz CT molecular complexity index is 2820. The van der Waals surface area contributed by atoms with Crippen molar-refractivity contribution in [3.8, 4) is 33.9 Å². The molecule has 0 spiro atoms. The van der Waals surface area contributed by atoms with Gasteiger partial charge in [-0.3, -0.25) is 14.4 Å². The third-order valence-corrected chi connectivity index (χ3v) is 11.2. The van der Waals surface area contributed by atoms with E-state index in [1.54, 1.807) is 35.2 Å². The third-order valence-electron chi connectivity index (χ3n) is 11.2. The van der Waals surface area contributed by atoms with Crippen LogP contribution in [0.15, 0.2) is 95.4 Å². The highest BCUT2D eigenvalue weighted by atomic mass is 16.5. The zero-order valence-electron chi connectivity index (χ0n) is 37.9. The maximum atomic E-state index is 14.0. The van der Waals surface area contributed by atoms with Gasteiger partial charge in [0.05, 0.1) is 50.4 Å². The van der Waals surface area contributed by atoms with Crippen LogP contribution in [0.2, 0.25) is 0 Å². The standard InChI is InChI=1S/C50H53N5O11/c1-31-7-15-40-44(23-31)64-21-22-65-45-26-34(10-16-41(45)55(30-47(57)62-6)18-20-63-19-17-54(40)29-46(56)61-5)52-49(58)33-9-13-36(39(25-33)50(59)60)48-37-12-8-32(28-51-2)24-42(37)66-43-27-35(53(3)4)11-14-38(43)48/h7-16,23-27,51H,17-22,28-30H2,1-6H3,(H-,52,58,59,60)/p+1. The number of aryl methyl sites for hydroxylation is 1. The Labute approximate surface area is 382 Å². The van der Waals surface area contributed by atoms with Crippen molar-refractivity contribution in [1.29, 1.82) is 0 Å². The Morgan fingerprint density at radius 1 is 0.742 bits per heavy atom. The van der Waals surface area contributed by atoms with Crippen molar-refractivity contribution in [2.24, 2.45) is 0 Å². The zero-order valence-corrected chi connectivity index (χ0v) is 37.9. The van der Waals surface area contributed by atoms with E-state index >= 15 is 0 Å². The van der Waals surface area contributed by atoms with Crippen LogP contribution in [0, 0.1) is 6.92 Å². The van der Waals surface area contributed by atoms with E-state index in [-0.39, 0.29) is 57.2 Å². The fraction of sp³-hybridized carbons (Fsp3) is 0.300. The van der Waals surface area contributed by atoms with Crippen molar-refractivity contribution < 1.29 is 52.4 Å². The van der Waals surface area contributed by atoms with Crippen LogP contribution < -0.4 is 39.8 Å². The van der Waals surface area contributed by atoms with Gasteiger partial charge in [-0.05, 0) is 79.2 Å². The highest BCUT2D eigenvalue weighted by Crippen LogP contribution is 2.42. The van der Waals surface area contributed by atoms with Crippen molar-refractivity contribution in [3.63, 3.8) is 0 Å². The van der Waals surface area contributed by atoms with E-state index in [0.29, 0.717) is 69.7 Å². The second-order valence-corrected chi connectivity index (χ2v) is 15.9. The van der Waals surface area contributed by atoms with Gasteiger partial charge in [-0.1, -0.05) is 24.3 Å². The van der Waals surface area contributed by atoms with Gasteiger partial charge in [-0.2, -0.15) is 0 Å². The molecular formula is C50H54N5O11+. The summed E-state index contributed by atoms with van der Waals surface area (Å²) in [6.45, 7) is 3.62. The van der Waals surface area contributed by atoms with Gasteiger partial charge in [-0.25, -0.2) is 9.37 Å². The van der Waals surface area contributed by atoms with E-state index in [9.17, 15) is 24.3 Å². The van der Waals surface area contributed by atoms with Gasteiger partial charge in [0.15, 0.2) is 0 Å². The van der Waals surface area contributed by atoms with Crippen molar-refractivity contribution in [2.45, 2.75) is 13.5 Å². The first-order valence-corrected chi connectivity index (χ1v) is 21.4. The minimum atomic E-state index is -1.21. The average molecular weight is 901 g/mol. The quantitative estimate of drug-likeness (QED) is 0.0871. The summed E-state index contributed by atoms with van der Waals surface area (Å²) < 4.78 is 37.0. The van der Waals surface area contributed by atoms with Gasteiger partial charge in [-0.15, -0.1) is 0 Å². The first kappa shape index (κ1) is 46.6. The average Bonchev–Trinajstić information content (AvgIpc) is 3.31. The molecule has 7 rings (SSSR count). The number of fused-ring (bicyclic) bond motifs is 4. The minimum absolute atomic E-state index is 0.0277. The number of amides is 1. The first-order valence-electron chi connectivity index (χ1n) is 21.4. The monoisotopic (exact) mass is 900 g/mol. The van der Waals surface area contributed by atoms with Gasteiger partial charge in [0.2, 0.25) is 5.36 Å². The second-order valence-electron chi connectivity index (χ2n) is 15.9. The Kier molecular flexibility index (Phi) is 14.8. The lowest BCUT2D eigenvalue weighted by Gasteiger charge is -2.27. The number of carbonyl (C=O) groups excluding carboxylic acids is 3. The summed E-state index contributed by atoms with van der Waals surface area (Å²) in [6, 6.07) is 27.0. The number of aromatic carboxylic acids is 1. The molecule has 66 heavy (non-hydrogen) atoms. The molecule has 1 amide bonds. The Morgan fingerprint density at radius 3 is 2.03 bits per heavy atom. The number of hydrogen-bond donors (Lipinski definition) is 3. The van der Waals surface area contributed by atoms with E-state index in [1.807, 2.05) is 92.1 Å². The normalized spacial score (nSPS) is 13.3. The molecule has 2 aliphatic heterocycles. The number of benzene rings is 5. The first-order chi connectivity index (χ1) is 31.9. The number of nitrogens with zero attached hydrogens (tertiary/aromatic N) is 3. The largest absolute Gasteiger partial charge is 0.488 e. The predicted octanol–water partition coefficient (Wildman–Crippen LogP) is 5.66. The van der Waals surface area contributed by atoms with Crippen LogP contribution >= 0.6 is 0 Å². The third kappa shape index (κ3) is 10.7. The van der Waals surface area contributed by atoms with Crippen LogP contribution in [-0.2, 0) is 30.3 Å². The molecule has 4 aromatic rings. The van der Waals surface area contributed by atoms with E-state index in [4.69, 9.17) is 28.1 Å². The van der Waals surface area contributed by atoms with Crippen molar-refractivity contribution in [3.05, 3.63) is 119 Å². The van der Waals surface area contributed by atoms with E-state index in [2.05, 4.69) is 10.6 Å². The van der Waals surface area contributed by atoms with E-state index in [1.165, 1.54) is 20.3 Å². The fourth-order valence-corrected chi connectivity index (χ4v) is 7.82. The van der Waals surface area contributed by atoms with E-state index in [0.717, 1.165) is 21.9 Å². The molecule has 0 saturated heterocycles. The summed E-state index contributed by atoms with van der Waals surface area (Å²) in [5.41, 5.74) is 5.94. The van der Waals surface area contributed by atoms with Crippen molar-refractivity contribution >= 4 is 51.8 Å². The van der Waals surface area contributed by atoms with Crippen LogP contribution in [0.4, 0.5) is 17.1 Å². The molecule has 0 bridgehead atoms. The molecule has 0 aromatic heterocycles. The molecule has 0 saturated carbocycles. The molecule has 16 nitrogen and oxygen atoms in total. The molecule has 4 aromatic carbocycles. The molecule has 1 aliphatic carbocycles. The minimum Gasteiger partial charge on any atom is -0.488 e. The van der Waals surface area contributed by atoms with E-state index < -0.39 is 23.8 Å². The van der Waals surface area contributed by atoms with Crippen LogP contribution in [0.1, 0.15) is 31.8 Å². The van der Waals surface area contributed by atoms with Crippen molar-refractivity contribution in [1.82, 2.24) is 9.89 Å². The summed E-state index contributed by atoms with van der Waals surface area (Å²) in [5.74, 6) is -1.23. The zero-order chi connectivity index (χ0) is 46.9. The number of ether oxygens (including phenoxy) is 5. The number of carboxylic acid groups (broad SMARTS) is 1. The molecule has 0 atom stereocenters. The molecule has 344 valence electrons. The maximum Gasteiger partial charge on any atom is 0.336 e. The smallest absolute Gasteiger partial charge is 0.336 e. The molecule has 0 radical (unpaired) electrons. The van der Waals surface area contributed by atoms with Gasteiger partial charge >= 0.3 is 17.9 Å². The molecule has 0 unspecified atom stereocenters. The number of hydrogen-bond acceptors (Lipinski definition) is 13. The molecule has 0 fully saturated rings. The molecule has 2 heterocycles. The van der Waals surface area contributed by atoms with Crippen LogP contribution in [0.25, 0.3) is 33.4 Å². The number of carboxylic acids is 1. The molecule has 16 heteroatoms. The highest BCUT2D eigenvalue weighted by Gasteiger charge is 2.25. The Morgan fingerprint density at radius 2 is 1.39 bits per heavy atom. The second kappa shape index (κ2) is 21.0. The summed E-state index contributed by atoms with van der Waals surface area (Å²) in [7, 11) is 8.37. The summed E-state index contributed by atoms with van der Waals surface area (Å²) in [4.78, 5) is 55.8. The highest BCUT2D eigenvalue weighted by molar-refractivity contribution is 6.11. The van der Waals surface area contributed by atoms with Crippen LogP contribution in [0.3, 0.4) is 0 Å². The van der Waals surface area contributed by atoms with Crippen molar-refractivity contribution in [2.75, 3.05) is 103 Å². The number of methoxy groups -OCH3 is 2. The number of rotatable bonds is 10. The lowest BCUT2D eigenvalue weighted by atomic mass is 9.89. The van der Waals surface area contributed by atoms with Gasteiger partial charge in [0, 0.05) is 59.5 Å². The molecule has 3 N–H and O–H groups in total. The van der Waals surface area contributed by atoms with Gasteiger partial charge in [0.25, 0.3) is 5.91 Å². The van der Waals surface area contributed by atoms with Gasteiger partial charge < -0.3 is 53.6 Å². The topological polar surface area (TPSA) is 181 Å². The van der Waals surface area contributed by atoms with Gasteiger partial charge in [0.1, 0.15) is 63.2 Å². The SMILES string of the molecule is CNCc1ccc2c(-c3ccc(C(=O)Nc4ccc5c(c4)OCCOc4cc(C)ccc4N(CC(=O)OC)CCOCCN5CC(=O)OC)cc3C(=O)O)c3ccc(=[N+](C)C)cc-3oc2c1. The molecular weight excluding hydrogens is 847 g/mol. The number of esters is 2. The fourth-order valence-electron chi connectivity index (χ4n) is 7.82. The summed E-state index contributed by atoms with van der Waals surface area (Å²) in [5, 5.41) is 18.4. The molecule has 3 aliphatic rings. The van der Waals surface area contributed by atoms with Crippen LogP contribution in [0.5, 0.6) is 11.5 Å². The number of nitrogens with one attached hydrogen (secondary N) is 2. The Hall–Kier alpha value is -7.43. The number of carbonyl (C=O) groups is 4. The summed E-state index contributed by atoms with van der Waals surface area (Å²) >= 11 is 0. The lowest BCUT2D eigenvalue weighted by Crippen LogP contribution is -2.36. The summed E-state index contributed by atoms with van der Waals surface area (Å²) in [6.07, 6.45) is 0. The maximum absolute atomic E-state index is 14.0. The Balaban J connectivity index is 1.21. The lowest BCUT2D eigenvalue weighted by molar-refractivity contribution is -0.139. The van der Waals surface area contributed by atoms with Crippen LogP contribution in [-0.4, -0.2) is 117 Å².